The van der Waals surface area contributed by atoms with E-state index in [1.54, 1.807) is 25.4 Å². The van der Waals surface area contributed by atoms with Gasteiger partial charge in [0.15, 0.2) is 5.82 Å². The number of pyridine rings is 1. The zero-order chi connectivity index (χ0) is 23.7. The van der Waals surface area contributed by atoms with Crippen molar-refractivity contribution in [3.8, 4) is 11.4 Å². The average Bonchev–Trinajstić information content (AvgIpc) is 3.17. The number of nitrogens with zero attached hydrogens (tertiary/aromatic N) is 5. The lowest BCUT2D eigenvalue weighted by Crippen LogP contribution is -2.17. The Morgan fingerprint density at radius 2 is 1.94 bits per heavy atom. The summed E-state index contributed by atoms with van der Waals surface area (Å²) in [6.45, 7) is 1.88. The Bertz CT molecular complexity index is 1380. The second-order valence-electron chi connectivity index (χ2n) is 7.79. The number of hydrogen-bond acceptors (Lipinski definition) is 6. The summed E-state index contributed by atoms with van der Waals surface area (Å²) in [5.74, 6) is 2.24. The molecule has 1 atom stereocenters. The zero-order valence-corrected chi connectivity index (χ0v) is 19.3. The van der Waals surface area contributed by atoms with Gasteiger partial charge in [-0.3, -0.25) is 14.4 Å². The van der Waals surface area contributed by atoms with Gasteiger partial charge in [-0.25, -0.2) is 4.98 Å². The van der Waals surface area contributed by atoms with Gasteiger partial charge in [0.2, 0.25) is 5.91 Å². The van der Waals surface area contributed by atoms with Crippen molar-refractivity contribution in [1.82, 2.24) is 19.7 Å². The van der Waals surface area contributed by atoms with Crippen LogP contribution in [-0.2, 0) is 4.79 Å². The maximum atomic E-state index is 13.0. The van der Waals surface area contributed by atoms with E-state index in [4.69, 9.17) is 21.3 Å². The molecule has 0 bridgehead atoms. The highest BCUT2D eigenvalue weighted by molar-refractivity contribution is 6.30. The topological polar surface area (TPSA) is 94.3 Å². The molecule has 5 rings (SSSR count). The van der Waals surface area contributed by atoms with Crippen LogP contribution < -0.4 is 10.1 Å². The molecule has 0 saturated carbocycles. The minimum absolute atomic E-state index is 0.0664. The molecule has 1 aliphatic rings. The van der Waals surface area contributed by atoms with Crippen LogP contribution in [0.2, 0.25) is 5.02 Å². The monoisotopic (exact) mass is 472 g/mol. The number of methoxy groups -OCH3 is 1. The SMILES string of the molecule is COc1ccc2c(c1)C(c1ccc(Cl)cc1)=N[C@@H](CC(=O)Nc1ccccn1)c1nnc(C)n1-2. The lowest BCUT2D eigenvalue weighted by atomic mass is 10.00. The van der Waals surface area contributed by atoms with E-state index in [9.17, 15) is 4.79 Å². The number of aliphatic imine (C=N–C) groups is 1. The lowest BCUT2D eigenvalue weighted by Gasteiger charge is -2.14. The summed E-state index contributed by atoms with van der Waals surface area (Å²) < 4.78 is 7.44. The van der Waals surface area contributed by atoms with Gasteiger partial charge >= 0.3 is 0 Å². The molecule has 2 aromatic carbocycles. The molecule has 8 nitrogen and oxygen atoms in total. The first-order valence-electron chi connectivity index (χ1n) is 10.7. The summed E-state index contributed by atoms with van der Waals surface area (Å²) in [6.07, 6.45) is 1.69. The van der Waals surface area contributed by atoms with Crippen LogP contribution in [0.1, 0.15) is 35.2 Å². The second-order valence-corrected chi connectivity index (χ2v) is 8.23. The zero-order valence-electron chi connectivity index (χ0n) is 18.6. The summed E-state index contributed by atoms with van der Waals surface area (Å²) in [5.41, 5.74) is 3.29. The van der Waals surface area contributed by atoms with Gasteiger partial charge in [0.05, 0.1) is 24.9 Å². The Labute approximate surface area is 201 Å². The Balaban J connectivity index is 1.64. The van der Waals surface area contributed by atoms with Gasteiger partial charge in [-0.1, -0.05) is 29.8 Å². The van der Waals surface area contributed by atoms with Crippen molar-refractivity contribution in [2.75, 3.05) is 12.4 Å². The first-order chi connectivity index (χ1) is 16.5. The van der Waals surface area contributed by atoms with Crippen LogP contribution in [0.15, 0.2) is 71.9 Å². The van der Waals surface area contributed by atoms with Crippen molar-refractivity contribution >= 4 is 29.0 Å². The summed E-state index contributed by atoms with van der Waals surface area (Å²) in [4.78, 5) is 22.2. The molecule has 2 aromatic heterocycles. The number of aromatic nitrogens is 4. The Kier molecular flexibility index (Phi) is 5.81. The van der Waals surface area contributed by atoms with Gasteiger partial charge in [-0.2, -0.15) is 0 Å². The standard InChI is InChI=1S/C25H21ClN6O2/c1-15-30-31-25-20(14-23(33)29-22-5-3-4-12-27-22)28-24(16-6-8-17(26)9-7-16)19-13-18(34-2)10-11-21(19)32(15)25/h3-13,20H,14H2,1-2H3,(H,27,29,33)/t20-/m0/s1. The highest BCUT2D eigenvalue weighted by Crippen LogP contribution is 2.34. The van der Waals surface area contributed by atoms with E-state index in [2.05, 4.69) is 20.5 Å². The number of ether oxygens (including phenoxy) is 1. The predicted octanol–water partition coefficient (Wildman–Crippen LogP) is 4.55. The number of nitrogens with one attached hydrogen (secondary N) is 1. The van der Waals surface area contributed by atoms with Crippen molar-refractivity contribution < 1.29 is 9.53 Å². The molecule has 1 N–H and O–H groups in total. The molecule has 4 aromatic rings. The van der Waals surface area contributed by atoms with Crippen LogP contribution in [0.25, 0.3) is 5.69 Å². The van der Waals surface area contributed by atoms with Gasteiger partial charge in [-0.15, -0.1) is 10.2 Å². The van der Waals surface area contributed by atoms with E-state index >= 15 is 0 Å². The van der Waals surface area contributed by atoms with E-state index < -0.39 is 6.04 Å². The summed E-state index contributed by atoms with van der Waals surface area (Å²) in [5, 5.41) is 12.1. The van der Waals surface area contributed by atoms with E-state index in [-0.39, 0.29) is 12.3 Å². The predicted molar refractivity (Wildman–Crippen MR) is 130 cm³/mol. The van der Waals surface area contributed by atoms with Crippen molar-refractivity contribution in [3.05, 3.63) is 94.7 Å². The number of anilines is 1. The molecule has 3 heterocycles. The van der Waals surface area contributed by atoms with Crippen molar-refractivity contribution in [3.63, 3.8) is 0 Å². The van der Waals surface area contributed by atoms with E-state index in [1.165, 1.54) is 0 Å². The number of carbonyl (C=O) groups excluding carboxylic acids is 1. The maximum Gasteiger partial charge on any atom is 0.228 e. The van der Waals surface area contributed by atoms with Crippen molar-refractivity contribution in [2.45, 2.75) is 19.4 Å². The molecule has 1 amide bonds. The van der Waals surface area contributed by atoms with Crippen molar-refractivity contribution in [1.29, 1.82) is 0 Å². The minimum atomic E-state index is -0.575. The molecule has 0 radical (unpaired) electrons. The van der Waals surface area contributed by atoms with Crippen LogP contribution in [0.4, 0.5) is 5.82 Å². The summed E-state index contributed by atoms with van der Waals surface area (Å²) in [7, 11) is 1.62. The number of carbonyl (C=O) groups is 1. The van der Waals surface area contributed by atoms with Crippen LogP contribution in [0.3, 0.4) is 0 Å². The normalized spacial score (nSPS) is 14.4. The van der Waals surface area contributed by atoms with Gasteiger partial charge in [0.1, 0.15) is 23.4 Å². The third kappa shape index (κ3) is 4.15. The number of halogens is 1. The maximum absolute atomic E-state index is 13.0. The van der Waals surface area contributed by atoms with Gasteiger partial charge < -0.3 is 10.1 Å². The number of rotatable bonds is 5. The number of benzene rings is 2. The smallest absolute Gasteiger partial charge is 0.228 e. The molecule has 1 aliphatic heterocycles. The second kappa shape index (κ2) is 9.07. The minimum Gasteiger partial charge on any atom is -0.497 e. The first-order valence-corrected chi connectivity index (χ1v) is 11.1. The van der Waals surface area contributed by atoms with Gasteiger partial charge in [-0.05, 0) is 49.4 Å². The van der Waals surface area contributed by atoms with Gasteiger partial charge in [0, 0.05) is 22.3 Å². The first kappa shape index (κ1) is 21.8. The fourth-order valence-electron chi connectivity index (χ4n) is 3.98. The molecular weight excluding hydrogens is 452 g/mol. The Morgan fingerprint density at radius 3 is 2.68 bits per heavy atom. The average molecular weight is 473 g/mol. The largest absolute Gasteiger partial charge is 0.497 e. The van der Waals surface area contributed by atoms with Crippen molar-refractivity contribution in [2.24, 2.45) is 4.99 Å². The number of amides is 1. The fraction of sp³-hybridized carbons (Fsp3) is 0.160. The third-order valence-corrected chi connectivity index (χ3v) is 5.81. The fourth-order valence-corrected chi connectivity index (χ4v) is 4.11. The molecular formula is C25H21ClN6O2. The van der Waals surface area contributed by atoms with Crippen LogP contribution in [0.5, 0.6) is 5.75 Å². The summed E-state index contributed by atoms with van der Waals surface area (Å²) in [6, 6.07) is 18.0. The van der Waals surface area contributed by atoms with Crippen LogP contribution in [-0.4, -0.2) is 38.5 Å². The van der Waals surface area contributed by atoms with Crippen LogP contribution >= 0.6 is 11.6 Å². The highest BCUT2D eigenvalue weighted by Gasteiger charge is 2.30. The number of hydrogen-bond donors (Lipinski definition) is 1. The summed E-state index contributed by atoms with van der Waals surface area (Å²) >= 11 is 6.14. The molecule has 170 valence electrons. The molecule has 0 saturated heterocycles. The Morgan fingerprint density at radius 1 is 1.12 bits per heavy atom. The molecule has 0 fully saturated rings. The van der Waals surface area contributed by atoms with Gasteiger partial charge in [0.25, 0.3) is 0 Å². The Hall–Kier alpha value is -4.04. The molecule has 0 unspecified atom stereocenters. The third-order valence-electron chi connectivity index (χ3n) is 5.56. The van der Waals surface area contributed by atoms with E-state index in [0.717, 1.165) is 16.8 Å². The molecule has 0 spiro atoms. The number of aryl methyl sites for hydroxylation is 1. The van der Waals surface area contributed by atoms with E-state index in [1.807, 2.05) is 60.0 Å². The molecule has 34 heavy (non-hydrogen) atoms. The highest BCUT2D eigenvalue weighted by atomic mass is 35.5. The lowest BCUT2D eigenvalue weighted by molar-refractivity contribution is -0.116. The molecule has 9 heteroatoms. The van der Waals surface area contributed by atoms with Crippen LogP contribution in [0, 0.1) is 6.92 Å². The quantitative estimate of drug-likeness (QED) is 0.459. The van der Waals surface area contributed by atoms with E-state index in [0.29, 0.717) is 34.0 Å². The molecule has 0 aliphatic carbocycles. The number of fused-ring (bicyclic) bond motifs is 3.